The van der Waals surface area contributed by atoms with E-state index in [4.69, 9.17) is 9.84 Å². The second kappa shape index (κ2) is 9.32. The molecule has 5 N–H and O–H groups in total. The van der Waals surface area contributed by atoms with Crippen molar-refractivity contribution >= 4 is 12.1 Å². The Labute approximate surface area is 189 Å². The molecule has 0 radical (unpaired) electrons. The first-order valence-electron chi connectivity index (χ1n) is 10.4. The van der Waals surface area contributed by atoms with Crippen LogP contribution in [0.25, 0.3) is 11.1 Å². The summed E-state index contributed by atoms with van der Waals surface area (Å²) in [6.45, 7) is -0.192. The van der Waals surface area contributed by atoms with Crippen LogP contribution in [0.3, 0.4) is 0 Å². The van der Waals surface area contributed by atoms with Gasteiger partial charge in [-0.15, -0.1) is 0 Å². The van der Waals surface area contributed by atoms with Crippen molar-refractivity contribution in [2.24, 2.45) is 0 Å². The molecule has 0 bridgehead atoms. The number of alkyl carbamates (subject to hydrolysis) is 1. The summed E-state index contributed by atoms with van der Waals surface area (Å²) in [6.07, 6.45) is -3.60. The molecule has 0 saturated carbocycles. The van der Waals surface area contributed by atoms with E-state index in [0.29, 0.717) is 0 Å². The number of aliphatic hydroxyl groups is 2. The minimum absolute atomic E-state index is 0.102. The topological polar surface area (TPSA) is 136 Å². The first-order valence-corrected chi connectivity index (χ1v) is 10.4. The third kappa shape index (κ3) is 4.52. The highest BCUT2D eigenvalue weighted by atomic mass is 16.5. The van der Waals surface area contributed by atoms with Crippen LogP contribution in [0.5, 0.6) is 5.75 Å². The third-order valence-corrected chi connectivity index (χ3v) is 5.76. The molecule has 0 aliphatic heterocycles. The highest BCUT2D eigenvalue weighted by Gasteiger charge is 2.29. The van der Waals surface area contributed by atoms with Gasteiger partial charge in [0.2, 0.25) is 0 Å². The maximum atomic E-state index is 12.2. The summed E-state index contributed by atoms with van der Waals surface area (Å²) in [5.41, 5.74) is 4.16. The fourth-order valence-corrected chi connectivity index (χ4v) is 4.08. The number of carbonyl (C=O) groups is 2. The van der Waals surface area contributed by atoms with Crippen LogP contribution in [-0.2, 0) is 4.74 Å². The van der Waals surface area contributed by atoms with E-state index in [-0.39, 0.29) is 30.2 Å². The Morgan fingerprint density at radius 1 is 0.939 bits per heavy atom. The number of nitrogens with one attached hydrogen (secondary N) is 1. The SMILES string of the molecule is O=C(NCC(O)C(O)c1ccc(C(=O)O)c(O)c1)OCC1c2ccccc2-c2ccccc21. The van der Waals surface area contributed by atoms with Crippen LogP contribution in [0.15, 0.2) is 66.7 Å². The number of carboxylic acid groups (broad SMARTS) is 1. The van der Waals surface area contributed by atoms with Crippen molar-refractivity contribution in [1.82, 2.24) is 5.32 Å². The molecule has 3 aromatic carbocycles. The molecule has 3 aromatic rings. The summed E-state index contributed by atoms with van der Waals surface area (Å²) in [4.78, 5) is 23.2. The summed E-state index contributed by atoms with van der Waals surface area (Å²) >= 11 is 0. The number of hydrogen-bond donors (Lipinski definition) is 5. The van der Waals surface area contributed by atoms with Gasteiger partial charge in [0, 0.05) is 12.5 Å². The predicted molar refractivity (Wildman–Crippen MR) is 119 cm³/mol. The zero-order chi connectivity index (χ0) is 23.5. The molecule has 8 nitrogen and oxygen atoms in total. The third-order valence-electron chi connectivity index (χ3n) is 5.76. The van der Waals surface area contributed by atoms with Crippen molar-refractivity contribution in [3.63, 3.8) is 0 Å². The average molecular weight is 449 g/mol. The number of carbonyl (C=O) groups excluding carboxylic acids is 1. The van der Waals surface area contributed by atoms with Crippen LogP contribution in [0, 0.1) is 0 Å². The molecule has 0 aromatic heterocycles. The molecule has 33 heavy (non-hydrogen) atoms. The van der Waals surface area contributed by atoms with Gasteiger partial charge in [-0.25, -0.2) is 9.59 Å². The second-order valence-corrected chi connectivity index (χ2v) is 7.80. The number of hydrogen-bond acceptors (Lipinski definition) is 6. The lowest BCUT2D eigenvalue weighted by Crippen LogP contribution is -2.36. The number of ether oxygens (including phenoxy) is 1. The molecule has 170 valence electrons. The van der Waals surface area contributed by atoms with Gasteiger partial charge in [0.15, 0.2) is 0 Å². The molecule has 1 aliphatic rings. The number of phenols is 1. The summed E-state index contributed by atoms with van der Waals surface area (Å²) < 4.78 is 5.39. The lowest BCUT2D eigenvalue weighted by molar-refractivity contribution is 0.0184. The summed E-state index contributed by atoms with van der Waals surface area (Å²) in [6, 6.07) is 19.4. The fraction of sp³-hybridized carbons (Fsp3) is 0.200. The van der Waals surface area contributed by atoms with Crippen LogP contribution in [0.4, 0.5) is 4.79 Å². The van der Waals surface area contributed by atoms with Crippen LogP contribution < -0.4 is 5.32 Å². The van der Waals surface area contributed by atoms with E-state index < -0.39 is 30.0 Å². The number of amides is 1. The normalized spacial score (nSPS) is 14.1. The molecule has 4 rings (SSSR count). The Hall–Kier alpha value is -3.88. The smallest absolute Gasteiger partial charge is 0.407 e. The summed E-state index contributed by atoms with van der Waals surface area (Å²) in [7, 11) is 0. The Kier molecular flexibility index (Phi) is 6.30. The number of carboxylic acids is 1. The van der Waals surface area contributed by atoms with Crippen molar-refractivity contribution in [3.8, 4) is 16.9 Å². The van der Waals surface area contributed by atoms with E-state index in [9.17, 15) is 24.9 Å². The van der Waals surface area contributed by atoms with Crippen molar-refractivity contribution in [2.75, 3.05) is 13.2 Å². The van der Waals surface area contributed by atoms with E-state index in [2.05, 4.69) is 5.32 Å². The van der Waals surface area contributed by atoms with Gasteiger partial charge >= 0.3 is 12.1 Å². The first kappa shape index (κ1) is 22.3. The number of aromatic hydroxyl groups is 1. The molecule has 8 heteroatoms. The number of rotatable bonds is 7. The van der Waals surface area contributed by atoms with Gasteiger partial charge in [0.25, 0.3) is 0 Å². The standard InChI is InChI=1S/C25H23NO7/c27-21-11-14(9-10-19(21)24(30)31)23(29)22(28)12-26-25(32)33-13-20-17-7-3-1-5-15(17)16-6-2-4-8-18(16)20/h1-11,20,22-23,27-29H,12-13H2,(H,26,32)(H,30,31). The molecule has 2 unspecified atom stereocenters. The fourth-order valence-electron chi connectivity index (χ4n) is 4.08. The zero-order valence-electron chi connectivity index (χ0n) is 17.5. The lowest BCUT2D eigenvalue weighted by atomic mass is 9.98. The van der Waals surface area contributed by atoms with Crippen LogP contribution >= 0.6 is 0 Å². The van der Waals surface area contributed by atoms with Crippen LogP contribution in [0.2, 0.25) is 0 Å². The Balaban J connectivity index is 1.34. The van der Waals surface area contributed by atoms with Crippen LogP contribution in [0.1, 0.15) is 39.1 Å². The number of aliphatic hydroxyl groups excluding tert-OH is 2. The van der Waals surface area contributed by atoms with Gasteiger partial charge in [-0.3, -0.25) is 0 Å². The molecule has 1 amide bonds. The highest BCUT2D eigenvalue weighted by molar-refractivity contribution is 5.90. The molecule has 0 heterocycles. The molecule has 2 atom stereocenters. The molecule has 0 spiro atoms. The summed E-state index contributed by atoms with van der Waals surface area (Å²) in [5, 5.41) is 41.6. The van der Waals surface area contributed by atoms with Crippen LogP contribution in [-0.4, -0.2) is 51.7 Å². The Morgan fingerprint density at radius 3 is 2.12 bits per heavy atom. The Morgan fingerprint density at radius 2 is 1.55 bits per heavy atom. The largest absolute Gasteiger partial charge is 0.507 e. The van der Waals surface area contributed by atoms with Gasteiger partial charge in [0.1, 0.15) is 30.1 Å². The van der Waals surface area contributed by atoms with Crippen molar-refractivity contribution in [1.29, 1.82) is 0 Å². The van der Waals surface area contributed by atoms with E-state index in [1.54, 1.807) is 0 Å². The summed E-state index contributed by atoms with van der Waals surface area (Å²) in [5.74, 6) is -1.95. The van der Waals surface area contributed by atoms with E-state index in [0.717, 1.165) is 34.4 Å². The van der Waals surface area contributed by atoms with E-state index in [1.165, 1.54) is 6.07 Å². The highest BCUT2D eigenvalue weighted by Crippen LogP contribution is 2.44. The quantitative estimate of drug-likeness (QED) is 0.374. The Bertz CT molecular complexity index is 1150. The molecule has 0 fully saturated rings. The number of benzene rings is 3. The maximum absolute atomic E-state index is 12.2. The van der Waals surface area contributed by atoms with Gasteiger partial charge in [-0.1, -0.05) is 54.6 Å². The van der Waals surface area contributed by atoms with Gasteiger partial charge < -0.3 is 30.5 Å². The van der Waals surface area contributed by atoms with Gasteiger partial charge in [0.05, 0.1) is 0 Å². The number of fused-ring (bicyclic) bond motifs is 3. The maximum Gasteiger partial charge on any atom is 0.407 e. The predicted octanol–water partition coefficient (Wildman–Crippen LogP) is 3.02. The van der Waals surface area contributed by atoms with Crippen molar-refractivity contribution < 1.29 is 34.8 Å². The number of aromatic carboxylic acids is 1. The molecule has 1 aliphatic carbocycles. The van der Waals surface area contributed by atoms with Gasteiger partial charge in [-0.2, -0.15) is 0 Å². The van der Waals surface area contributed by atoms with Crippen molar-refractivity contribution in [3.05, 3.63) is 89.0 Å². The molecular weight excluding hydrogens is 426 g/mol. The van der Waals surface area contributed by atoms with Crippen molar-refractivity contribution in [2.45, 2.75) is 18.1 Å². The average Bonchev–Trinajstić information content (AvgIpc) is 3.14. The monoisotopic (exact) mass is 449 g/mol. The zero-order valence-corrected chi connectivity index (χ0v) is 17.5. The molecule has 0 saturated heterocycles. The minimum atomic E-state index is -1.45. The minimum Gasteiger partial charge on any atom is -0.507 e. The second-order valence-electron chi connectivity index (χ2n) is 7.80. The van der Waals surface area contributed by atoms with E-state index in [1.807, 2.05) is 48.5 Å². The van der Waals surface area contributed by atoms with E-state index >= 15 is 0 Å². The molecular formula is C25H23NO7. The lowest BCUT2D eigenvalue weighted by Gasteiger charge is -2.20. The first-order chi connectivity index (χ1) is 15.9. The van der Waals surface area contributed by atoms with Gasteiger partial charge in [-0.05, 0) is 39.9 Å².